The van der Waals surface area contributed by atoms with Crippen molar-refractivity contribution in [2.75, 3.05) is 6.54 Å². The van der Waals surface area contributed by atoms with Gasteiger partial charge in [0.25, 0.3) is 0 Å². The lowest BCUT2D eigenvalue weighted by Gasteiger charge is -2.43. The van der Waals surface area contributed by atoms with E-state index in [-0.39, 0.29) is 11.1 Å². The van der Waals surface area contributed by atoms with Crippen LogP contribution in [0, 0.1) is 34.5 Å². The van der Waals surface area contributed by atoms with E-state index in [0.717, 1.165) is 0 Å². The van der Waals surface area contributed by atoms with E-state index in [0.29, 0.717) is 13.0 Å². The fourth-order valence-corrected chi connectivity index (χ4v) is 2.76. The number of hydrogen-bond donors (Lipinski definition) is 0. The summed E-state index contributed by atoms with van der Waals surface area (Å²) >= 11 is 0. The normalized spacial score (nSPS) is 17.5. The Morgan fingerprint density at radius 3 is 1.84 bits per heavy atom. The molecule has 0 radical (unpaired) electrons. The van der Waals surface area contributed by atoms with Gasteiger partial charge in [0.1, 0.15) is 5.56 Å². The monoisotopic (exact) mass is 361 g/mol. The third-order valence-electron chi connectivity index (χ3n) is 4.53. The lowest BCUT2D eigenvalue weighted by atomic mass is 9.75. The third-order valence-corrected chi connectivity index (χ3v) is 4.53. The van der Waals surface area contributed by atoms with Crippen molar-refractivity contribution in [3.8, 4) is 0 Å². The van der Waals surface area contributed by atoms with E-state index >= 15 is 0 Å². The lowest BCUT2D eigenvalue weighted by Crippen LogP contribution is -2.44. The van der Waals surface area contributed by atoms with Crippen LogP contribution in [-0.2, 0) is 0 Å². The fraction of sp³-hybridized carbons (Fsp3) is 0.500. The Kier molecular flexibility index (Phi) is 4.74. The largest absolute Gasteiger partial charge is 0.372 e. The van der Waals surface area contributed by atoms with Crippen molar-refractivity contribution in [2.24, 2.45) is 5.41 Å². The highest BCUT2D eigenvalue weighted by atomic mass is 19.2. The fourth-order valence-electron chi connectivity index (χ4n) is 2.76. The zero-order chi connectivity index (χ0) is 19.3. The summed E-state index contributed by atoms with van der Waals surface area (Å²) in [5.74, 6) is -11.9. The molecule has 1 aliphatic rings. The topological polar surface area (TPSA) is 20.3 Å². The van der Waals surface area contributed by atoms with Crippen LogP contribution in [0.15, 0.2) is 11.8 Å². The van der Waals surface area contributed by atoms with Crippen molar-refractivity contribution in [2.45, 2.75) is 46.6 Å². The molecule has 0 bridgehead atoms. The number of carbonyl (C=O) groups excluding carboxylic acids is 1. The van der Waals surface area contributed by atoms with Gasteiger partial charge in [-0.15, -0.1) is 0 Å². The van der Waals surface area contributed by atoms with E-state index in [2.05, 4.69) is 0 Å². The molecule has 1 aliphatic heterocycles. The number of carbonyl (C=O) groups is 1. The number of rotatable bonds is 2. The smallest absolute Gasteiger partial charge is 0.200 e. The van der Waals surface area contributed by atoms with Crippen LogP contribution >= 0.6 is 0 Å². The second-order valence-electron chi connectivity index (χ2n) is 7.81. The number of hydrogen-bond acceptors (Lipinski definition) is 2. The van der Waals surface area contributed by atoms with Gasteiger partial charge in [0.05, 0.1) is 0 Å². The van der Waals surface area contributed by atoms with Crippen LogP contribution < -0.4 is 0 Å². The van der Waals surface area contributed by atoms with Gasteiger partial charge in [-0.1, -0.05) is 13.8 Å². The third kappa shape index (κ3) is 3.28. The Morgan fingerprint density at radius 2 is 1.40 bits per heavy atom. The standard InChI is InChI=1S/C18H20F5NO/c1-17(2,3)24-7-6-18(4,5)9(8-24)16(25)10-11(19)13(21)15(23)14(22)12(10)20/h8H,6-7H2,1-5H3. The number of halogens is 5. The quantitative estimate of drug-likeness (QED) is 0.320. The van der Waals surface area contributed by atoms with Crippen molar-refractivity contribution in [3.05, 3.63) is 46.4 Å². The summed E-state index contributed by atoms with van der Waals surface area (Å²) in [6.45, 7) is 9.67. The molecule has 0 saturated heterocycles. The Morgan fingerprint density at radius 1 is 0.960 bits per heavy atom. The minimum absolute atomic E-state index is 0.0110. The summed E-state index contributed by atoms with van der Waals surface area (Å²) in [5.41, 5.74) is -2.53. The molecule has 138 valence electrons. The van der Waals surface area contributed by atoms with Crippen LogP contribution in [0.2, 0.25) is 0 Å². The molecule has 7 heteroatoms. The first-order valence-electron chi connectivity index (χ1n) is 7.84. The molecule has 0 aliphatic carbocycles. The maximum absolute atomic E-state index is 14.0. The van der Waals surface area contributed by atoms with E-state index in [4.69, 9.17) is 0 Å². The predicted octanol–water partition coefficient (Wildman–Crippen LogP) is 4.98. The molecule has 0 saturated carbocycles. The van der Waals surface area contributed by atoms with Crippen molar-refractivity contribution in [1.82, 2.24) is 4.90 Å². The summed E-state index contributed by atoms with van der Waals surface area (Å²) in [7, 11) is 0. The predicted molar refractivity (Wildman–Crippen MR) is 83.5 cm³/mol. The molecule has 0 spiro atoms. The molecule has 1 heterocycles. The van der Waals surface area contributed by atoms with Gasteiger partial charge in [-0.2, -0.15) is 0 Å². The molecule has 1 aromatic carbocycles. The molecule has 0 atom stereocenters. The van der Waals surface area contributed by atoms with Crippen molar-refractivity contribution >= 4 is 5.78 Å². The number of benzene rings is 1. The zero-order valence-electron chi connectivity index (χ0n) is 14.7. The molecule has 2 rings (SSSR count). The second kappa shape index (κ2) is 6.11. The van der Waals surface area contributed by atoms with E-state index in [1.807, 2.05) is 25.7 Å². The van der Waals surface area contributed by atoms with Gasteiger partial charge in [0, 0.05) is 23.9 Å². The van der Waals surface area contributed by atoms with E-state index < -0.39 is 45.8 Å². The zero-order valence-corrected chi connectivity index (χ0v) is 14.7. The van der Waals surface area contributed by atoms with Gasteiger partial charge in [-0.3, -0.25) is 4.79 Å². The van der Waals surface area contributed by atoms with E-state index in [1.165, 1.54) is 6.20 Å². The molecular weight excluding hydrogens is 341 g/mol. The molecule has 0 fully saturated rings. The summed E-state index contributed by atoms with van der Waals surface area (Å²) in [6.07, 6.45) is 1.96. The number of Topliss-reactive ketones (excluding diaryl/α,β-unsaturated/α-hetero) is 1. The number of nitrogens with zero attached hydrogens (tertiary/aromatic N) is 1. The van der Waals surface area contributed by atoms with Gasteiger partial charge >= 0.3 is 0 Å². The SMILES string of the molecule is CC1(C)CCN(C(C)(C)C)C=C1C(=O)c1c(F)c(F)c(F)c(F)c1F. The Hall–Kier alpha value is -1.92. The van der Waals surface area contributed by atoms with Gasteiger partial charge in [-0.05, 0) is 32.6 Å². The average Bonchev–Trinajstić information content (AvgIpc) is 2.49. The summed E-state index contributed by atoms with van der Waals surface area (Å²) in [4.78, 5) is 14.5. The molecular formula is C18H20F5NO. The van der Waals surface area contributed by atoms with Crippen LogP contribution in [0.25, 0.3) is 0 Å². The minimum Gasteiger partial charge on any atom is -0.372 e. The van der Waals surface area contributed by atoms with Gasteiger partial charge < -0.3 is 4.90 Å². The lowest BCUT2D eigenvalue weighted by molar-refractivity contribution is 0.0953. The molecule has 0 amide bonds. The highest BCUT2D eigenvalue weighted by Crippen LogP contribution is 2.39. The highest BCUT2D eigenvalue weighted by Gasteiger charge is 2.39. The van der Waals surface area contributed by atoms with Crippen molar-refractivity contribution in [1.29, 1.82) is 0 Å². The van der Waals surface area contributed by atoms with Crippen LogP contribution in [0.1, 0.15) is 51.4 Å². The maximum Gasteiger partial charge on any atom is 0.200 e. The number of ketones is 1. The van der Waals surface area contributed by atoms with Crippen LogP contribution in [0.4, 0.5) is 22.0 Å². The first kappa shape index (κ1) is 19.4. The first-order valence-corrected chi connectivity index (χ1v) is 7.84. The van der Waals surface area contributed by atoms with Gasteiger partial charge in [0.15, 0.2) is 29.1 Å². The highest BCUT2D eigenvalue weighted by molar-refractivity contribution is 6.10. The van der Waals surface area contributed by atoms with Crippen LogP contribution in [-0.4, -0.2) is 22.8 Å². The summed E-state index contributed by atoms with van der Waals surface area (Å²) in [5, 5.41) is 0. The molecule has 0 unspecified atom stereocenters. The summed E-state index contributed by atoms with van der Waals surface area (Å²) in [6, 6.07) is 0. The van der Waals surface area contributed by atoms with Crippen LogP contribution in [0.5, 0.6) is 0 Å². The molecule has 0 aromatic heterocycles. The first-order chi connectivity index (χ1) is 11.3. The minimum atomic E-state index is -2.28. The molecule has 25 heavy (non-hydrogen) atoms. The summed E-state index contributed by atoms with van der Waals surface area (Å²) < 4.78 is 68.1. The molecule has 2 nitrogen and oxygen atoms in total. The second-order valence-corrected chi connectivity index (χ2v) is 7.81. The van der Waals surface area contributed by atoms with Crippen molar-refractivity contribution in [3.63, 3.8) is 0 Å². The van der Waals surface area contributed by atoms with Gasteiger partial charge in [0.2, 0.25) is 5.82 Å². The maximum atomic E-state index is 14.0. The molecule has 1 aromatic rings. The average molecular weight is 361 g/mol. The van der Waals surface area contributed by atoms with E-state index in [1.54, 1.807) is 13.8 Å². The molecule has 0 N–H and O–H groups in total. The Labute approximate surface area is 143 Å². The Bertz CT molecular complexity index is 733. The van der Waals surface area contributed by atoms with Crippen LogP contribution in [0.3, 0.4) is 0 Å². The van der Waals surface area contributed by atoms with E-state index in [9.17, 15) is 26.7 Å². The van der Waals surface area contributed by atoms with Crippen molar-refractivity contribution < 1.29 is 26.7 Å². The Balaban J connectivity index is 2.65. The van der Waals surface area contributed by atoms with Gasteiger partial charge in [-0.25, -0.2) is 22.0 Å². The number of allylic oxidation sites excluding steroid dienone is 1.